The zero-order valence-corrected chi connectivity index (χ0v) is 13.4. The molecule has 0 aliphatic rings. The van der Waals surface area contributed by atoms with Gasteiger partial charge in [0.1, 0.15) is 11.6 Å². The zero-order chi connectivity index (χ0) is 15.5. The highest BCUT2D eigenvalue weighted by atomic mass is 32.1. The first-order valence-corrected chi connectivity index (χ1v) is 8.15. The summed E-state index contributed by atoms with van der Waals surface area (Å²) in [5.41, 5.74) is 3.75. The highest BCUT2D eigenvalue weighted by Gasteiger charge is 2.11. The van der Waals surface area contributed by atoms with E-state index in [4.69, 9.17) is 0 Å². The Balaban J connectivity index is 2.16. The largest absolute Gasteiger partial charge is 0.507 e. The van der Waals surface area contributed by atoms with Gasteiger partial charge in [0, 0.05) is 17.0 Å². The van der Waals surface area contributed by atoms with Gasteiger partial charge in [0.25, 0.3) is 0 Å². The van der Waals surface area contributed by atoms with Crippen molar-refractivity contribution in [1.29, 1.82) is 0 Å². The second-order valence-corrected chi connectivity index (χ2v) is 6.10. The second kappa shape index (κ2) is 6.20. The van der Waals surface area contributed by atoms with Gasteiger partial charge >= 0.3 is 0 Å². The highest BCUT2D eigenvalue weighted by molar-refractivity contribution is 7.13. The lowest BCUT2D eigenvalue weighted by Gasteiger charge is -2.11. The van der Waals surface area contributed by atoms with E-state index in [1.54, 1.807) is 17.4 Å². The molecule has 0 saturated carbocycles. The lowest BCUT2D eigenvalue weighted by molar-refractivity contribution is 0.477. The third kappa shape index (κ3) is 2.97. The van der Waals surface area contributed by atoms with Gasteiger partial charge in [-0.15, -0.1) is 11.3 Å². The number of aryl methyl sites for hydroxylation is 1. The fraction of sp³-hybridized carbons (Fsp3) is 0.167. The van der Waals surface area contributed by atoms with Crippen LogP contribution in [-0.2, 0) is 0 Å². The van der Waals surface area contributed by atoms with Gasteiger partial charge in [-0.3, -0.25) is 0 Å². The number of hydrogen-bond acceptors (Lipinski definition) is 4. The van der Waals surface area contributed by atoms with Gasteiger partial charge in [0.05, 0.1) is 5.69 Å². The Hall–Kier alpha value is -2.33. The molecule has 0 radical (unpaired) electrons. The summed E-state index contributed by atoms with van der Waals surface area (Å²) < 4.78 is 0. The molecule has 2 aromatic heterocycles. The molecule has 3 rings (SSSR count). The van der Waals surface area contributed by atoms with Crippen LogP contribution in [-0.4, -0.2) is 16.6 Å². The highest BCUT2D eigenvalue weighted by Crippen LogP contribution is 2.34. The fourth-order valence-electron chi connectivity index (χ4n) is 2.38. The molecule has 112 valence electrons. The molecule has 0 unspecified atom stereocenters. The van der Waals surface area contributed by atoms with E-state index < -0.39 is 0 Å². The van der Waals surface area contributed by atoms with Crippen LogP contribution in [0.4, 0.5) is 5.82 Å². The maximum atomic E-state index is 10.2. The minimum absolute atomic E-state index is 0.254. The Morgan fingerprint density at radius 3 is 2.77 bits per heavy atom. The first kappa shape index (κ1) is 14.6. The van der Waals surface area contributed by atoms with E-state index in [2.05, 4.69) is 21.7 Å². The summed E-state index contributed by atoms with van der Waals surface area (Å²) in [4.78, 5) is 5.83. The normalized spacial score (nSPS) is 10.6. The molecule has 0 aliphatic heterocycles. The number of benzene rings is 1. The standard InChI is InChI=1S/C18H18N2OS/c1-3-19-18-11-13(17-5-4-8-22-17)10-15(20-18)14-9-12(2)6-7-16(14)21/h4-11,21H,3H2,1-2H3,(H,19,20). The Morgan fingerprint density at radius 1 is 1.18 bits per heavy atom. The molecular formula is C18H18N2OS. The topological polar surface area (TPSA) is 45.1 Å². The van der Waals surface area contributed by atoms with E-state index in [0.717, 1.165) is 34.7 Å². The van der Waals surface area contributed by atoms with Crippen molar-refractivity contribution >= 4 is 17.2 Å². The molecule has 0 amide bonds. The lowest BCUT2D eigenvalue weighted by Crippen LogP contribution is -2.00. The minimum atomic E-state index is 0.254. The Bertz CT molecular complexity index is 782. The van der Waals surface area contributed by atoms with Gasteiger partial charge < -0.3 is 10.4 Å². The van der Waals surface area contributed by atoms with Crippen molar-refractivity contribution in [3.63, 3.8) is 0 Å². The summed E-state index contributed by atoms with van der Waals surface area (Å²) in [6.45, 7) is 4.86. The van der Waals surface area contributed by atoms with E-state index in [1.165, 1.54) is 4.88 Å². The monoisotopic (exact) mass is 310 g/mol. The smallest absolute Gasteiger partial charge is 0.127 e. The maximum Gasteiger partial charge on any atom is 0.127 e. The number of rotatable bonds is 4. The molecule has 0 spiro atoms. The number of aromatic hydroxyl groups is 1. The van der Waals surface area contributed by atoms with E-state index in [-0.39, 0.29) is 5.75 Å². The van der Waals surface area contributed by atoms with Gasteiger partial charge in [-0.2, -0.15) is 0 Å². The quantitative estimate of drug-likeness (QED) is 0.718. The van der Waals surface area contributed by atoms with Crippen LogP contribution in [0.1, 0.15) is 12.5 Å². The van der Waals surface area contributed by atoms with Crippen LogP contribution in [0.3, 0.4) is 0 Å². The van der Waals surface area contributed by atoms with Crippen molar-refractivity contribution in [2.45, 2.75) is 13.8 Å². The molecule has 1 aromatic carbocycles. The number of anilines is 1. The predicted octanol–water partition coefficient (Wildman–Crippen LogP) is 4.92. The maximum absolute atomic E-state index is 10.2. The molecule has 0 aliphatic carbocycles. The lowest BCUT2D eigenvalue weighted by atomic mass is 10.0. The van der Waals surface area contributed by atoms with Crippen LogP contribution < -0.4 is 5.32 Å². The number of hydrogen-bond donors (Lipinski definition) is 2. The molecule has 2 heterocycles. The summed E-state index contributed by atoms with van der Waals surface area (Å²) >= 11 is 1.70. The number of pyridine rings is 1. The van der Waals surface area contributed by atoms with E-state index >= 15 is 0 Å². The van der Waals surface area contributed by atoms with E-state index in [9.17, 15) is 5.11 Å². The molecule has 3 nitrogen and oxygen atoms in total. The minimum Gasteiger partial charge on any atom is -0.507 e. The van der Waals surface area contributed by atoms with Crippen molar-refractivity contribution in [1.82, 2.24) is 4.98 Å². The molecule has 2 N–H and O–H groups in total. The summed E-state index contributed by atoms with van der Waals surface area (Å²) in [7, 11) is 0. The number of thiophene rings is 1. The molecule has 0 fully saturated rings. The Labute approximate surface area is 134 Å². The Kier molecular flexibility index (Phi) is 4.11. The summed E-state index contributed by atoms with van der Waals surface area (Å²) in [5.74, 6) is 1.08. The predicted molar refractivity (Wildman–Crippen MR) is 93.6 cm³/mol. The molecule has 0 atom stereocenters. The van der Waals surface area contributed by atoms with Gasteiger partial charge in [0.15, 0.2) is 0 Å². The number of nitrogens with one attached hydrogen (secondary N) is 1. The Morgan fingerprint density at radius 2 is 2.05 bits per heavy atom. The average Bonchev–Trinajstić information content (AvgIpc) is 3.04. The number of aromatic nitrogens is 1. The van der Waals surface area contributed by atoms with Gasteiger partial charge in [-0.05, 0) is 55.1 Å². The van der Waals surface area contributed by atoms with Crippen LogP contribution in [0.15, 0.2) is 47.8 Å². The van der Waals surface area contributed by atoms with Crippen LogP contribution in [0.5, 0.6) is 5.75 Å². The fourth-order valence-corrected chi connectivity index (χ4v) is 3.10. The van der Waals surface area contributed by atoms with Crippen molar-refractivity contribution in [3.8, 4) is 27.4 Å². The third-order valence-corrected chi connectivity index (χ3v) is 4.34. The first-order valence-electron chi connectivity index (χ1n) is 7.27. The summed E-state index contributed by atoms with van der Waals surface area (Å²) in [5, 5.41) is 15.5. The van der Waals surface area contributed by atoms with Gasteiger partial charge in [-0.25, -0.2) is 4.98 Å². The number of nitrogens with zero attached hydrogens (tertiary/aromatic N) is 1. The zero-order valence-electron chi connectivity index (χ0n) is 12.6. The number of phenolic OH excluding ortho intramolecular Hbond substituents is 1. The van der Waals surface area contributed by atoms with Crippen LogP contribution >= 0.6 is 11.3 Å². The van der Waals surface area contributed by atoms with Crippen LogP contribution in [0, 0.1) is 6.92 Å². The first-order chi connectivity index (χ1) is 10.7. The average molecular weight is 310 g/mol. The van der Waals surface area contributed by atoms with Crippen molar-refractivity contribution in [3.05, 3.63) is 53.4 Å². The van der Waals surface area contributed by atoms with Crippen molar-refractivity contribution < 1.29 is 5.11 Å². The summed E-state index contributed by atoms with van der Waals surface area (Å²) in [6.07, 6.45) is 0. The third-order valence-electron chi connectivity index (χ3n) is 3.42. The van der Waals surface area contributed by atoms with Gasteiger partial charge in [0.2, 0.25) is 0 Å². The van der Waals surface area contributed by atoms with Crippen LogP contribution in [0.2, 0.25) is 0 Å². The number of phenols is 1. The molecular weight excluding hydrogens is 292 g/mol. The van der Waals surface area contributed by atoms with E-state index in [0.29, 0.717) is 0 Å². The van der Waals surface area contributed by atoms with Crippen molar-refractivity contribution in [2.24, 2.45) is 0 Å². The summed E-state index contributed by atoms with van der Waals surface area (Å²) in [6, 6.07) is 13.8. The van der Waals surface area contributed by atoms with Crippen molar-refractivity contribution in [2.75, 3.05) is 11.9 Å². The molecule has 3 aromatic rings. The van der Waals surface area contributed by atoms with Crippen LogP contribution in [0.25, 0.3) is 21.7 Å². The molecule has 0 saturated heterocycles. The van der Waals surface area contributed by atoms with Gasteiger partial charge in [-0.1, -0.05) is 17.7 Å². The second-order valence-electron chi connectivity index (χ2n) is 5.15. The molecule has 4 heteroatoms. The van der Waals surface area contributed by atoms with E-state index in [1.807, 2.05) is 44.2 Å². The molecule has 22 heavy (non-hydrogen) atoms. The SMILES string of the molecule is CCNc1cc(-c2cccs2)cc(-c2cc(C)ccc2O)n1. The molecule has 0 bridgehead atoms.